The average Bonchev–Trinajstić information content (AvgIpc) is 3.14. The molecule has 146 valence electrons. The van der Waals surface area contributed by atoms with Gasteiger partial charge in [-0.05, 0) is 86.5 Å². The third-order valence-electron chi connectivity index (χ3n) is 4.83. The maximum absolute atomic E-state index is 12.5. The number of nitrogens with zero attached hydrogens (tertiary/aromatic N) is 1. The lowest BCUT2D eigenvalue weighted by Gasteiger charge is -2.06. The van der Waals surface area contributed by atoms with E-state index in [0.29, 0.717) is 34.8 Å². The Labute approximate surface area is 169 Å². The number of nitrogens with one attached hydrogen (secondary N) is 1. The molecule has 0 saturated carbocycles. The van der Waals surface area contributed by atoms with Gasteiger partial charge in [0.2, 0.25) is 5.89 Å². The van der Waals surface area contributed by atoms with Gasteiger partial charge in [0.15, 0.2) is 5.58 Å². The van der Waals surface area contributed by atoms with Crippen LogP contribution < -0.4 is 10.1 Å². The molecule has 0 atom stereocenters. The molecular weight excluding hydrogens is 364 g/mol. The number of anilines is 1. The zero-order chi connectivity index (χ0) is 20.4. The third kappa shape index (κ3) is 3.99. The van der Waals surface area contributed by atoms with Gasteiger partial charge < -0.3 is 14.5 Å². The number of amides is 1. The highest BCUT2D eigenvalue weighted by molar-refractivity contribution is 6.05. The van der Waals surface area contributed by atoms with Crippen LogP contribution >= 0.6 is 0 Å². The van der Waals surface area contributed by atoms with Crippen molar-refractivity contribution in [1.82, 2.24) is 4.98 Å². The van der Waals surface area contributed by atoms with Gasteiger partial charge in [-0.25, -0.2) is 4.98 Å². The first kappa shape index (κ1) is 18.7. The molecule has 3 aromatic carbocycles. The molecule has 4 rings (SSSR count). The summed E-state index contributed by atoms with van der Waals surface area (Å²) in [6.07, 6.45) is 0. The normalized spacial score (nSPS) is 10.9. The monoisotopic (exact) mass is 386 g/mol. The minimum Gasteiger partial charge on any atom is -0.494 e. The second-order valence-corrected chi connectivity index (χ2v) is 6.91. The maximum Gasteiger partial charge on any atom is 0.255 e. The second-order valence-electron chi connectivity index (χ2n) is 6.91. The minimum absolute atomic E-state index is 0.190. The molecule has 0 aliphatic heterocycles. The van der Waals surface area contributed by atoms with Crippen molar-refractivity contribution in [3.8, 4) is 17.2 Å². The van der Waals surface area contributed by atoms with E-state index in [9.17, 15) is 4.79 Å². The zero-order valence-corrected chi connectivity index (χ0v) is 16.7. The van der Waals surface area contributed by atoms with Crippen LogP contribution in [-0.4, -0.2) is 17.5 Å². The summed E-state index contributed by atoms with van der Waals surface area (Å²) >= 11 is 0. The van der Waals surface area contributed by atoms with E-state index in [4.69, 9.17) is 9.15 Å². The van der Waals surface area contributed by atoms with Gasteiger partial charge in [-0.3, -0.25) is 4.79 Å². The Bertz CT molecular complexity index is 1180. The fourth-order valence-electron chi connectivity index (χ4n) is 3.08. The largest absolute Gasteiger partial charge is 0.494 e. The molecule has 1 N–H and O–H groups in total. The first-order valence-corrected chi connectivity index (χ1v) is 9.56. The first-order chi connectivity index (χ1) is 14.0. The summed E-state index contributed by atoms with van der Waals surface area (Å²) in [7, 11) is 0. The van der Waals surface area contributed by atoms with Crippen LogP contribution in [0.15, 0.2) is 65.1 Å². The van der Waals surface area contributed by atoms with Crippen molar-refractivity contribution in [1.29, 1.82) is 0 Å². The Hall–Kier alpha value is -3.60. The molecule has 0 aliphatic carbocycles. The second kappa shape index (κ2) is 7.80. The van der Waals surface area contributed by atoms with E-state index in [0.717, 1.165) is 11.3 Å². The highest BCUT2D eigenvalue weighted by Gasteiger charge is 2.11. The number of aryl methyl sites for hydroxylation is 2. The van der Waals surface area contributed by atoms with Gasteiger partial charge in [-0.2, -0.15) is 0 Å². The smallest absolute Gasteiger partial charge is 0.255 e. The Balaban J connectivity index is 1.55. The molecule has 1 amide bonds. The van der Waals surface area contributed by atoms with Gasteiger partial charge >= 0.3 is 0 Å². The number of benzene rings is 3. The number of rotatable bonds is 5. The van der Waals surface area contributed by atoms with E-state index in [1.54, 1.807) is 24.3 Å². The van der Waals surface area contributed by atoms with Gasteiger partial charge in [-0.15, -0.1) is 0 Å². The molecular formula is C24H22N2O3. The lowest BCUT2D eigenvalue weighted by atomic mass is 10.1. The first-order valence-electron chi connectivity index (χ1n) is 9.56. The fraction of sp³-hybridized carbons (Fsp3) is 0.167. The van der Waals surface area contributed by atoms with Crippen LogP contribution in [0, 0.1) is 13.8 Å². The van der Waals surface area contributed by atoms with E-state index in [1.807, 2.05) is 31.2 Å². The van der Waals surface area contributed by atoms with Crippen LogP contribution in [0.2, 0.25) is 0 Å². The lowest BCUT2D eigenvalue weighted by Crippen LogP contribution is -2.11. The molecule has 1 heterocycles. The number of carbonyl (C=O) groups excluding carboxylic acids is 1. The van der Waals surface area contributed by atoms with Crippen molar-refractivity contribution in [3.63, 3.8) is 0 Å². The number of hydrogen-bond donors (Lipinski definition) is 1. The van der Waals surface area contributed by atoms with Gasteiger partial charge in [-0.1, -0.05) is 6.07 Å². The highest BCUT2D eigenvalue weighted by atomic mass is 16.5. The molecule has 0 fully saturated rings. The van der Waals surface area contributed by atoms with Crippen LogP contribution in [0.1, 0.15) is 28.4 Å². The molecule has 0 radical (unpaired) electrons. The lowest BCUT2D eigenvalue weighted by molar-refractivity contribution is 0.102. The summed E-state index contributed by atoms with van der Waals surface area (Å²) in [5, 5.41) is 2.91. The minimum atomic E-state index is -0.190. The Morgan fingerprint density at radius 3 is 2.52 bits per heavy atom. The molecule has 0 saturated heterocycles. The molecule has 29 heavy (non-hydrogen) atoms. The summed E-state index contributed by atoms with van der Waals surface area (Å²) < 4.78 is 11.3. The van der Waals surface area contributed by atoms with E-state index >= 15 is 0 Å². The SMILES string of the molecule is CCOc1ccc(C(=O)Nc2ccc3oc(-c4ccc(C)c(C)c4)nc3c2)cc1. The number of carbonyl (C=O) groups is 1. The molecule has 0 bridgehead atoms. The molecule has 0 unspecified atom stereocenters. The van der Waals surface area contributed by atoms with Crippen molar-refractivity contribution < 1.29 is 13.9 Å². The van der Waals surface area contributed by atoms with Crippen LogP contribution in [0.3, 0.4) is 0 Å². The van der Waals surface area contributed by atoms with Gasteiger partial charge in [0.05, 0.1) is 6.61 Å². The summed E-state index contributed by atoms with van der Waals surface area (Å²) in [6, 6.07) is 18.6. The topological polar surface area (TPSA) is 64.4 Å². The Morgan fingerprint density at radius 2 is 1.79 bits per heavy atom. The fourth-order valence-corrected chi connectivity index (χ4v) is 3.08. The number of hydrogen-bond acceptors (Lipinski definition) is 4. The average molecular weight is 386 g/mol. The van der Waals surface area contributed by atoms with Gasteiger partial charge in [0.25, 0.3) is 5.91 Å². The van der Waals surface area contributed by atoms with Crippen molar-refractivity contribution in [3.05, 3.63) is 77.4 Å². The van der Waals surface area contributed by atoms with Crippen molar-refractivity contribution in [2.45, 2.75) is 20.8 Å². The summed E-state index contributed by atoms with van der Waals surface area (Å²) in [4.78, 5) is 17.1. The van der Waals surface area contributed by atoms with Crippen molar-refractivity contribution >= 4 is 22.7 Å². The van der Waals surface area contributed by atoms with E-state index in [-0.39, 0.29) is 5.91 Å². The van der Waals surface area contributed by atoms with E-state index in [2.05, 4.69) is 36.3 Å². The summed E-state index contributed by atoms with van der Waals surface area (Å²) in [5.74, 6) is 1.12. The number of oxazole rings is 1. The van der Waals surface area contributed by atoms with Gasteiger partial charge in [0, 0.05) is 16.8 Å². The summed E-state index contributed by atoms with van der Waals surface area (Å²) in [6.45, 7) is 6.65. The van der Waals surface area contributed by atoms with Crippen LogP contribution in [-0.2, 0) is 0 Å². The standard InChI is InChI=1S/C24H22N2O3/c1-4-28-20-10-7-17(8-11-20)23(27)25-19-9-12-22-21(14-19)26-24(29-22)18-6-5-15(2)16(3)13-18/h5-14H,4H2,1-3H3,(H,25,27). The number of ether oxygens (including phenoxy) is 1. The van der Waals surface area contributed by atoms with Crippen molar-refractivity contribution in [2.24, 2.45) is 0 Å². The predicted octanol–water partition coefficient (Wildman–Crippen LogP) is 5.76. The van der Waals surface area contributed by atoms with Crippen molar-refractivity contribution in [2.75, 3.05) is 11.9 Å². The zero-order valence-electron chi connectivity index (χ0n) is 16.7. The highest BCUT2D eigenvalue weighted by Crippen LogP contribution is 2.27. The van der Waals surface area contributed by atoms with Crippen LogP contribution in [0.25, 0.3) is 22.6 Å². The molecule has 4 aromatic rings. The van der Waals surface area contributed by atoms with Gasteiger partial charge in [0.1, 0.15) is 11.3 Å². The molecule has 5 heteroatoms. The van der Waals surface area contributed by atoms with E-state index < -0.39 is 0 Å². The van der Waals surface area contributed by atoms with Crippen LogP contribution in [0.4, 0.5) is 5.69 Å². The van der Waals surface area contributed by atoms with Crippen LogP contribution in [0.5, 0.6) is 5.75 Å². The Kier molecular flexibility index (Phi) is 5.04. The number of aromatic nitrogens is 1. The summed E-state index contributed by atoms with van der Waals surface area (Å²) in [5.41, 5.74) is 5.95. The molecule has 0 spiro atoms. The molecule has 1 aromatic heterocycles. The number of fused-ring (bicyclic) bond motifs is 1. The predicted molar refractivity (Wildman–Crippen MR) is 114 cm³/mol. The third-order valence-corrected chi connectivity index (χ3v) is 4.83. The Morgan fingerprint density at radius 1 is 1.00 bits per heavy atom. The van der Waals surface area contributed by atoms with E-state index in [1.165, 1.54) is 11.1 Å². The molecule has 5 nitrogen and oxygen atoms in total. The molecule has 0 aliphatic rings. The quantitative estimate of drug-likeness (QED) is 0.473. The maximum atomic E-state index is 12.5.